The first kappa shape index (κ1) is 18.3. The molecule has 27 heavy (non-hydrogen) atoms. The lowest BCUT2D eigenvalue weighted by atomic mass is 10.2. The first-order valence-corrected chi connectivity index (χ1v) is 11.8. The van der Waals surface area contributed by atoms with Crippen LogP contribution in [0.3, 0.4) is 0 Å². The van der Waals surface area contributed by atoms with Crippen molar-refractivity contribution in [3.8, 4) is 11.5 Å². The molecule has 0 unspecified atom stereocenters. The van der Waals surface area contributed by atoms with Gasteiger partial charge in [0.25, 0.3) is 0 Å². The molecule has 1 aromatic heterocycles. The minimum absolute atomic E-state index is 0.0248. The molecule has 0 spiro atoms. The molecule has 1 saturated heterocycles. The van der Waals surface area contributed by atoms with E-state index in [1.54, 1.807) is 18.2 Å². The van der Waals surface area contributed by atoms with Crippen LogP contribution in [-0.2, 0) is 26.4 Å². The van der Waals surface area contributed by atoms with E-state index in [0.29, 0.717) is 30.5 Å². The molecule has 1 atom stereocenters. The van der Waals surface area contributed by atoms with Gasteiger partial charge in [-0.1, -0.05) is 0 Å². The summed E-state index contributed by atoms with van der Waals surface area (Å²) in [6, 6.07) is 7.10. The van der Waals surface area contributed by atoms with Crippen LogP contribution in [0.1, 0.15) is 12.2 Å². The summed E-state index contributed by atoms with van der Waals surface area (Å²) in [5.41, 5.74) is 0. The van der Waals surface area contributed by atoms with Crippen LogP contribution in [0.25, 0.3) is 0 Å². The van der Waals surface area contributed by atoms with Crippen molar-refractivity contribution >= 4 is 19.9 Å². The molecular weight excluding hydrogens is 394 g/mol. The SMILES string of the molecule is O=S1(=O)CC[C@@H](N(Cc2ccco2)S(=O)(=O)c2ccc3c(c2)OCCO3)C1. The van der Waals surface area contributed by atoms with Crippen molar-refractivity contribution in [1.29, 1.82) is 0 Å². The zero-order valence-electron chi connectivity index (χ0n) is 14.4. The fraction of sp³-hybridized carbons (Fsp3) is 0.412. The minimum Gasteiger partial charge on any atom is -0.486 e. The van der Waals surface area contributed by atoms with E-state index in [0.717, 1.165) is 0 Å². The Bertz CT molecular complexity index is 1030. The number of fused-ring (bicyclic) bond motifs is 1. The van der Waals surface area contributed by atoms with Crippen molar-refractivity contribution in [2.45, 2.75) is 23.9 Å². The molecule has 8 nitrogen and oxygen atoms in total. The molecule has 0 aliphatic carbocycles. The molecule has 0 saturated carbocycles. The topological polar surface area (TPSA) is 103 Å². The van der Waals surface area contributed by atoms with E-state index < -0.39 is 25.9 Å². The summed E-state index contributed by atoms with van der Waals surface area (Å²) in [4.78, 5) is 0.0302. The highest BCUT2D eigenvalue weighted by atomic mass is 32.2. The predicted octanol–water partition coefficient (Wildman–Crippen LogP) is 1.43. The molecule has 0 N–H and O–H groups in total. The Morgan fingerprint density at radius 1 is 1.11 bits per heavy atom. The van der Waals surface area contributed by atoms with E-state index in [1.165, 1.54) is 22.7 Å². The Morgan fingerprint density at radius 3 is 2.56 bits per heavy atom. The van der Waals surface area contributed by atoms with Crippen molar-refractivity contribution in [1.82, 2.24) is 4.31 Å². The maximum atomic E-state index is 13.3. The molecule has 0 radical (unpaired) electrons. The average Bonchev–Trinajstić information content (AvgIpc) is 3.28. The summed E-state index contributed by atoms with van der Waals surface area (Å²) >= 11 is 0. The average molecular weight is 413 g/mol. The van der Waals surface area contributed by atoms with E-state index in [-0.39, 0.29) is 29.4 Å². The Hall–Kier alpha value is -2.04. The van der Waals surface area contributed by atoms with Gasteiger partial charge < -0.3 is 13.9 Å². The Balaban J connectivity index is 1.71. The number of nitrogens with zero attached hydrogens (tertiary/aromatic N) is 1. The summed E-state index contributed by atoms with van der Waals surface area (Å²) in [7, 11) is -7.23. The second-order valence-corrected chi connectivity index (χ2v) is 10.6. The number of sulfone groups is 1. The second kappa shape index (κ2) is 6.84. The number of ether oxygens (including phenoxy) is 2. The minimum atomic E-state index is -3.97. The maximum Gasteiger partial charge on any atom is 0.243 e. The zero-order valence-corrected chi connectivity index (χ0v) is 16.0. The largest absolute Gasteiger partial charge is 0.486 e. The number of sulfonamides is 1. The molecule has 2 aromatic rings. The first-order chi connectivity index (χ1) is 12.9. The second-order valence-electron chi connectivity index (χ2n) is 6.49. The fourth-order valence-electron chi connectivity index (χ4n) is 3.29. The van der Waals surface area contributed by atoms with Gasteiger partial charge in [0.15, 0.2) is 21.3 Å². The molecule has 146 valence electrons. The van der Waals surface area contributed by atoms with Crippen molar-refractivity contribution in [2.24, 2.45) is 0 Å². The van der Waals surface area contributed by atoms with Crippen LogP contribution in [0, 0.1) is 0 Å². The molecule has 1 aromatic carbocycles. The molecule has 0 amide bonds. The van der Waals surface area contributed by atoms with Gasteiger partial charge in [-0.3, -0.25) is 0 Å². The predicted molar refractivity (Wildman–Crippen MR) is 95.9 cm³/mol. The molecule has 4 rings (SSSR count). The van der Waals surface area contributed by atoms with E-state index in [4.69, 9.17) is 13.9 Å². The quantitative estimate of drug-likeness (QED) is 0.730. The monoisotopic (exact) mass is 413 g/mol. The molecule has 10 heteroatoms. The zero-order chi connectivity index (χ0) is 19.1. The van der Waals surface area contributed by atoms with E-state index in [9.17, 15) is 16.8 Å². The molecule has 2 aliphatic heterocycles. The number of benzene rings is 1. The normalized spacial score (nSPS) is 21.4. The van der Waals surface area contributed by atoms with E-state index >= 15 is 0 Å². The van der Waals surface area contributed by atoms with Gasteiger partial charge >= 0.3 is 0 Å². The molecule has 1 fully saturated rings. The number of hydrogen-bond acceptors (Lipinski definition) is 7. The van der Waals surface area contributed by atoms with Crippen LogP contribution in [0.5, 0.6) is 11.5 Å². The maximum absolute atomic E-state index is 13.3. The molecular formula is C17H19NO7S2. The molecule has 3 heterocycles. The number of hydrogen-bond donors (Lipinski definition) is 0. The molecule has 0 bridgehead atoms. The van der Waals surface area contributed by atoms with Crippen molar-refractivity contribution in [2.75, 3.05) is 24.7 Å². The summed E-state index contributed by atoms with van der Waals surface area (Å²) in [6.45, 7) is 0.709. The van der Waals surface area contributed by atoms with Crippen molar-refractivity contribution in [3.63, 3.8) is 0 Å². The van der Waals surface area contributed by atoms with Crippen molar-refractivity contribution in [3.05, 3.63) is 42.4 Å². The fourth-order valence-corrected chi connectivity index (χ4v) is 6.75. The lowest BCUT2D eigenvalue weighted by molar-refractivity contribution is 0.171. The van der Waals surface area contributed by atoms with Gasteiger partial charge in [0.2, 0.25) is 10.0 Å². The third-order valence-corrected chi connectivity index (χ3v) is 8.27. The van der Waals surface area contributed by atoms with Crippen LogP contribution in [0.4, 0.5) is 0 Å². The lowest BCUT2D eigenvalue weighted by Gasteiger charge is -2.27. The Kier molecular flexibility index (Phi) is 4.65. The van der Waals surface area contributed by atoms with Gasteiger partial charge in [0, 0.05) is 12.1 Å². The lowest BCUT2D eigenvalue weighted by Crippen LogP contribution is -2.40. The van der Waals surface area contributed by atoms with E-state index in [1.807, 2.05) is 0 Å². The van der Waals surface area contributed by atoms with Crippen molar-refractivity contribution < 1.29 is 30.7 Å². The Labute approximate surface area is 157 Å². The van der Waals surface area contributed by atoms with Crippen LogP contribution in [0.2, 0.25) is 0 Å². The van der Waals surface area contributed by atoms with Gasteiger partial charge in [-0.25, -0.2) is 16.8 Å². The summed E-state index contributed by atoms with van der Waals surface area (Å²) in [5, 5.41) is 0. The Morgan fingerprint density at radius 2 is 1.89 bits per heavy atom. The van der Waals surface area contributed by atoms with Gasteiger partial charge in [0.05, 0.1) is 29.2 Å². The van der Waals surface area contributed by atoms with Crippen LogP contribution in [0.15, 0.2) is 45.9 Å². The first-order valence-electron chi connectivity index (χ1n) is 8.49. The highest BCUT2D eigenvalue weighted by molar-refractivity contribution is 7.92. The van der Waals surface area contributed by atoms with Gasteiger partial charge in [0.1, 0.15) is 19.0 Å². The van der Waals surface area contributed by atoms with Crippen LogP contribution < -0.4 is 9.47 Å². The van der Waals surface area contributed by atoms with Gasteiger partial charge in [-0.2, -0.15) is 4.31 Å². The third-order valence-electron chi connectivity index (χ3n) is 4.63. The van der Waals surface area contributed by atoms with Gasteiger partial charge in [-0.15, -0.1) is 0 Å². The number of furan rings is 1. The standard InChI is InChI=1S/C17H19NO7S2/c19-26(20)9-5-13(12-26)18(11-14-2-1-6-23-14)27(21,22)15-3-4-16-17(10-15)25-8-7-24-16/h1-4,6,10,13H,5,7-9,11-12H2/t13-/m1/s1. The highest BCUT2D eigenvalue weighted by Gasteiger charge is 2.39. The smallest absolute Gasteiger partial charge is 0.243 e. The summed E-state index contributed by atoms with van der Waals surface area (Å²) in [5.74, 6) is 1.07. The summed E-state index contributed by atoms with van der Waals surface area (Å²) < 4.78 is 67.9. The van der Waals surface area contributed by atoms with Crippen LogP contribution >= 0.6 is 0 Å². The van der Waals surface area contributed by atoms with Crippen LogP contribution in [-0.4, -0.2) is 51.9 Å². The third kappa shape index (κ3) is 3.69. The summed E-state index contributed by atoms with van der Waals surface area (Å²) in [6.07, 6.45) is 1.71. The molecule has 2 aliphatic rings. The van der Waals surface area contributed by atoms with E-state index in [2.05, 4.69) is 0 Å². The number of rotatable bonds is 5. The highest BCUT2D eigenvalue weighted by Crippen LogP contribution is 2.35. The van der Waals surface area contributed by atoms with Gasteiger partial charge in [-0.05, 0) is 30.7 Å².